The zero-order chi connectivity index (χ0) is 28.1. The molecule has 1 aromatic heterocycles. The molecule has 3 amide bonds. The Kier molecular flexibility index (Phi) is 8.77. The number of amides is 3. The minimum atomic E-state index is -1.42. The first-order chi connectivity index (χ1) is 18.7. The molecule has 2 aliphatic heterocycles. The van der Waals surface area contributed by atoms with Crippen LogP contribution in [0.25, 0.3) is 0 Å². The van der Waals surface area contributed by atoms with E-state index in [2.05, 4.69) is 20.9 Å². The van der Waals surface area contributed by atoms with Crippen LogP contribution in [0.5, 0.6) is 5.75 Å². The van der Waals surface area contributed by atoms with Crippen LogP contribution in [0, 0.1) is 11.8 Å². The van der Waals surface area contributed by atoms with E-state index >= 15 is 0 Å². The Labute approximate surface area is 225 Å². The first kappa shape index (κ1) is 28.0. The molecule has 208 valence electrons. The van der Waals surface area contributed by atoms with E-state index in [0.29, 0.717) is 0 Å². The fourth-order valence-corrected chi connectivity index (χ4v) is 4.50. The van der Waals surface area contributed by atoms with Crippen molar-refractivity contribution in [2.75, 3.05) is 13.2 Å². The first-order valence-corrected chi connectivity index (χ1v) is 12.7. The number of benzene rings is 1. The molecule has 2 saturated heterocycles. The third kappa shape index (κ3) is 6.52. The molecule has 1 unspecified atom stereocenters. The van der Waals surface area contributed by atoms with Gasteiger partial charge < -0.3 is 35.6 Å². The highest BCUT2D eigenvalue weighted by Crippen LogP contribution is 2.21. The standard InChI is InChI=1S/C27H32N4O8/c1-14-23(33)18(11-16-7-4-3-5-8-16)29-25(35)20(30-26(36)22-19(32)9-6-10-28-22)15(2)39-27(37)21(31-24(14)34)17-12-38-13-17/h3-10,14-15,17-18,20-21,23,32-33H,11-13H2,1-2H3,(H,29,35)(H,30,36)(H,31,34)/t14-,15-,18+,20+,21?,23+/m1/s1. The quantitative estimate of drug-likeness (QED) is 0.318. The van der Waals surface area contributed by atoms with E-state index in [1.165, 1.54) is 32.2 Å². The maximum absolute atomic E-state index is 13.6. The summed E-state index contributed by atoms with van der Waals surface area (Å²) in [5.41, 5.74) is 0.478. The number of hydrogen-bond acceptors (Lipinski definition) is 9. The van der Waals surface area contributed by atoms with Crippen LogP contribution in [-0.2, 0) is 30.3 Å². The third-order valence-corrected chi connectivity index (χ3v) is 6.99. The van der Waals surface area contributed by atoms with Crippen molar-refractivity contribution in [3.8, 4) is 5.75 Å². The van der Waals surface area contributed by atoms with Gasteiger partial charge in [0.05, 0.1) is 31.3 Å². The summed E-state index contributed by atoms with van der Waals surface area (Å²) in [6, 6.07) is 8.37. The molecule has 12 nitrogen and oxygen atoms in total. The van der Waals surface area contributed by atoms with E-state index in [0.717, 1.165) is 5.56 Å². The highest BCUT2D eigenvalue weighted by Gasteiger charge is 2.42. The minimum absolute atomic E-state index is 0.182. The smallest absolute Gasteiger partial charge is 0.329 e. The maximum atomic E-state index is 13.6. The van der Waals surface area contributed by atoms with Crippen LogP contribution >= 0.6 is 0 Å². The van der Waals surface area contributed by atoms with Crippen LogP contribution in [0.3, 0.4) is 0 Å². The normalized spacial score (nSPS) is 28.5. The van der Waals surface area contributed by atoms with Crippen molar-refractivity contribution < 1.29 is 38.9 Å². The summed E-state index contributed by atoms with van der Waals surface area (Å²) in [5.74, 6) is -4.76. The summed E-state index contributed by atoms with van der Waals surface area (Å²) in [4.78, 5) is 56.6. The molecule has 0 radical (unpaired) electrons. The predicted octanol–water partition coefficient (Wildman–Crippen LogP) is -0.313. The number of cyclic esters (lactones) is 1. The fourth-order valence-electron chi connectivity index (χ4n) is 4.50. The molecule has 0 bridgehead atoms. The number of aliphatic hydroxyl groups excluding tert-OH is 1. The van der Waals surface area contributed by atoms with E-state index in [4.69, 9.17) is 9.47 Å². The Bertz CT molecular complexity index is 1210. The average Bonchev–Trinajstić information content (AvgIpc) is 2.89. The van der Waals surface area contributed by atoms with Crippen LogP contribution in [0.4, 0.5) is 0 Å². The van der Waals surface area contributed by atoms with Gasteiger partial charge in [-0.1, -0.05) is 37.3 Å². The number of rotatable bonds is 5. The van der Waals surface area contributed by atoms with E-state index in [1.807, 2.05) is 30.3 Å². The summed E-state index contributed by atoms with van der Waals surface area (Å²) in [6.45, 7) is 3.37. The largest absolute Gasteiger partial charge is 0.505 e. The molecule has 4 rings (SSSR count). The van der Waals surface area contributed by atoms with Gasteiger partial charge in [-0.2, -0.15) is 0 Å². The molecule has 3 heterocycles. The van der Waals surface area contributed by atoms with Gasteiger partial charge in [0, 0.05) is 12.1 Å². The van der Waals surface area contributed by atoms with Crippen LogP contribution in [-0.4, -0.2) is 82.4 Å². The van der Waals surface area contributed by atoms with Crippen molar-refractivity contribution in [2.24, 2.45) is 11.8 Å². The number of aromatic hydroxyl groups is 1. The lowest BCUT2D eigenvalue weighted by molar-refractivity contribution is -0.163. The Morgan fingerprint density at radius 2 is 1.77 bits per heavy atom. The highest BCUT2D eigenvalue weighted by molar-refractivity contribution is 5.98. The van der Waals surface area contributed by atoms with E-state index in [9.17, 15) is 29.4 Å². The third-order valence-electron chi connectivity index (χ3n) is 6.99. The van der Waals surface area contributed by atoms with Gasteiger partial charge in [-0.15, -0.1) is 0 Å². The van der Waals surface area contributed by atoms with E-state index < -0.39 is 65.7 Å². The molecule has 12 heteroatoms. The van der Waals surface area contributed by atoms with Crippen LogP contribution in [0.1, 0.15) is 29.9 Å². The number of ether oxygens (including phenoxy) is 2. The molecule has 39 heavy (non-hydrogen) atoms. The van der Waals surface area contributed by atoms with Crippen LogP contribution < -0.4 is 16.0 Å². The first-order valence-electron chi connectivity index (χ1n) is 12.7. The van der Waals surface area contributed by atoms with Crippen LogP contribution in [0.2, 0.25) is 0 Å². The number of aliphatic hydroxyl groups is 1. The molecule has 6 atom stereocenters. The SMILES string of the molecule is C[C@H]1OC(=O)C(C2COC2)NC(=O)[C@H](C)[C@H](O)[C@H](Cc2ccccc2)NC(=O)[C@H]1NC(=O)c1ncccc1O. The number of carbonyl (C=O) groups excluding carboxylic acids is 4. The zero-order valence-electron chi connectivity index (χ0n) is 21.6. The second kappa shape index (κ2) is 12.2. The van der Waals surface area contributed by atoms with Gasteiger partial charge in [0.15, 0.2) is 5.69 Å². The van der Waals surface area contributed by atoms with E-state index in [1.54, 1.807) is 0 Å². The number of aromatic nitrogens is 1. The summed E-state index contributed by atoms with van der Waals surface area (Å²) in [6.07, 6.45) is -1.05. The number of pyridine rings is 1. The number of nitrogens with zero attached hydrogens (tertiary/aromatic N) is 1. The molecule has 0 saturated carbocycles. The van der Waals surface area contributed by atoms with Gasteiger partial charge in [0.2, 0.25) is 11.8 Å². The second-order valence-corrected chi connectivity index (χ2v) is 9.83. The second-order valence-electron chi connectivity index (χ2n) is 9.83. The van der Waals surface area contributed by atoms with Gasteiger partial charge in [-0.05, 0) is 31.0 Å². The van der Waals surface area contributed by atoms with Crippen molar-refractivity contribution >= 4 is 23.7 Å². The van der Waals surface area contributed by atoms with Gasteiger partial charge in [0.25, 0.3) is 5.91 Å². The van der Waals surface area contributed by atoms with Gasteiger partial charge in [-0.3, -0.25) is 14.4 Å². The van der Waals surface area contributed by atoms with Crippen molar-refractivity contribution in [1.82, 2.24) is 20.9 Å². The van der Waals surface area contributed by atoms with Crippen molar-refractivity contribution in [2.45, 2.75) is 50.6 Å². The minimum Gasteiger partial charge on any atom is -0.505 e. The fraction of sp³-hybridized carbons (Fsp3) is 0.444. The highest BCUT2D eigenvalue weighted by atomic mass is 16.5. The monoisotopic (exact) mass is 540 g/mol. The Hall–Kier alpha value is -4.03. The van der Waals surface area contributed by atoms with Gasteiger partial charge in [-0.25, -0.2) is 9.78 Å². The molecular formula is C27H32N4O8. The lowest BCUT2D eigenvalue weighted by atomic mass is 9.90. The molecular weight excluding hydrogens is 508 g/mol. The van der Waals surface area contributed by atoms with Crippen molar-refractivity contribution in [3.05, 3.63) is 59.9 Å². The number of esters is 1. The molecule has 1 aromatic carbocycles. The lowest BCUT2D eigenvalue weighted by Gasteiger charge is -2.37. The molecule has 0 spiro atoms. The van der Waals surface area contributed by atoms with Crippen molar-refractivity contribution in [3.63, 3.8) is 0 Å². The molecule has 2 fully saturated rings. The van der Waals surface area contributed by atoms with Gasteiger partial charge >= 0.3 is 5.97 Å². The molecule has 5 N–H and O–H groups in total. The Balaban J connectivity index is 1.67. The number of nitrogens with one attached hydrogen (secondary N) is 3. The molecule has 2 aliphatic rings. The predicted molar refractivity (Wildman–Crippen MR) is 136 cm³/mol. The zero-order valence-corrected chi connectivity index (χ0v) is 21.6. The van der Waals surface area contributed by atoms with Gasteiger partial charge in [0.1, 0.15) is 23.9 Å². The summed E-state index contributed by atoms with van der Waals surface area (Å²) in [5, 5.41) is 29.2. The number of carbonyl (C=O) groups is 4. The molecule has 2 aromatic rings. The summed E-state index contributed by atoms with van der Waals surface area (Å²) < 4.78 is 10.8. The topological polar surface area (TPSA) is 176 Å². The summed E-state index contributed by atoms with van der Waals surface area (Å²) >= 11 is 0. The van der Waals surface area contributed by atoms with Crippen LogP contribution in [0.15, 0.2) is 48.7 Å². The Morgan fingerprint density at radius 1 is 1.05 bits per heavy atom. The van der Waals surface area contributed by atoms with Crippen molar-refractivity contribution in [1.29, 1.82) is 0 Å². The van der Waals surface area contributed by atoms with E-state index in [-0.39, 0.29) is 31.2 Å². The Morgan fingerprint density at radius 3 is 2.41 bits per heavy atom. The molecule has 0 aliphatic carbocycles. The average molecular weight is 541 g/mol. The number of hydrogen-bond donors (Lipinski definition) is 5. The summed E-state index contributed by atoms with van der Waals surface area (Å²) in [7, 11) is 0. The maximum Gasteiger partial charge on any atom is 0.329 e. The lowest BCUT2D eigenvalue weighted by Crippen LogP contribution is -2.62.